The number of carbonyl (C=O) groups excluding carboxylic acids is 3. The number of primary amides is 1. The van der Waals surface area contributed by atoms with Gasteiger partial charge in [-0.15, -0.1) is 4.91 Å². The SMILES string of the molecule is Cc1cc(N(C)C)c2c(c1O)C(O)=C1C(=O)[C@]3(N=O)C(O)=C(C(N)=O)C(=O)[C@@H](N(C)C)C3C[C@@H]1C2. The number of aryl methyl sites for hydroxylation is 1. The lowest BCUT2D eigenvalue weighted by Gasteiger charge is -2.49. The van der Waals surface area contributed by atoms with E-state index in [0.29, 0.717) is 11.1 Å². The van der Waals surface area contributed by atoms with Crippen LogP contribution in [0.1, 0.15) is 23.1 Å². The molecule has 186 valence electrons. The summed E-state index contributed by atoms with van der Waals surface area (Å²) in [7, 11) is 6.72. The molecule has 0 saturated heterocycles. The lowest BCUT2D eigenvalue weighted by atomic mass is 9.56. The molecule has 0 bridgehead atoms. The normalized spacial score (nSPS) is 28.0. The van der Waals surface area contributed by atoms with Crippen molar-refractivity contribution in [2.24, 2.45) is 22.7 Å². The van der Waals surface area contributed by atoms with Crippen molar-refractivity contribution in [3.63, 3.8) is 0 Å². The van der Waals surface area contributed by atoms with Crippen LogP contribution in [-0.2, 0) is 20.8 Å². The maximum absolute atomic E-state index is 14.0. The van der Waals surface area contributed by atoms with Crippen LogP contribution >= 0.6 is 0 Å². The smallest absolute Gasteiger partial charge is 0.255 e. The van der Waals surface area contributed by atoms with Gasteiger partial charge in [0.15, 0.2) is 5.78 Å². The first kappa shape index (κ1) is 24.4. The molecule has 1 aromatic carbocycles. The maximum atomic E-state index is 14.0. The standard InChI is InChI=1S/C24H28N4O7/c1-9-6-13(27(2)3)11-7-10-8-12-17(28(4)5)20(31)16(23(25)34)22(33)24(12,26-35)21(32)14(10)19(30)15(11)18(9)29/h6,10,12,17,29-30,33H,7-8H2,1-5H3,(H2,25,34)/t10-,12?,17-,24-/m0/s1. The van der Waals surface area contributed by atoms with E-state index >= 15 is 0 Å². The van der Waals surface area contributed by atoms with Gasteiger partial charge in [0.05, 0.1) is 11.6 Å². The number of carbonyl (C=O) groups is 3. The van der Waals surface area contributed by atoms with Crippen molar-refractivity contribution < 1.29 is 29.7 Å². The average Bonchev–Trinajstić information content (AvgIpc) is 2.75. The van der Waals surface area contributed by atoms with Crippen LogP contribution in [0.25, 0.3) is 5.76 Å². The molecule has 1 saturated carbocycles. The second-order valence-electron chi connectivity index (χ2n) is 9.86. The molecule has 35 heavy (non-hydrogen) atoms. The molecule has 4 atom stereocenters. The number of anilines is 1. The largest absolute Gasteiger partial charge is 0.508 e. The van der Waals surface area contributed by atoms with Gasteiger partial charge >= 0.3 is 0 Å². The van der Waals surface area contributed by atoms with Gasteiger partial charge in [-0.2, -0.15) is 0 Å². The Balaban J connectivity index is 2.05. The lowest BCUT2D eigenvalue weighted by Crippen LogP contribution is -2.64. The summed E-state index contributed by atoms with van der Waals surface area (Å²) in [6.45, 7) is 1.65. The second-order valence-corrected chi connectivity index (χ2v) is 9.86. The Labute approximate surface area is 201 Å². The number of fused-ring (bicyclic) bond motifs is 3. The van der Waals surface area contributed by atoms with Gasteiger partial charge in [-0.1, -0.05) is 0 Å². The quantitative estimate of drug-likeness (QED) is 0.360. The topological polar surface area (TPSA) is 174 Å². The Morgan fingerprint density at radius 3 is 2.31 bits per heavy atom. The number of rotatable bonds is 4. The van der Waals surface area contributed by atoms with Gasteiger partial charge in [-0.25, -0.2) is 0 Å². The van der Waals surface area contributed by atoms with E-state index in [1.807, 2.05) is 19.0 Å². The zero-order valence-electron chi connectivity index (χ0n) is 20.1. The van der Waals surface area contributed by atoms with E-state index in [2.05, 4.69) is 5.18 Å². The predicted molar refractivity (Wildman–Crippen MR) is 127 cm³/mol. The third kappa shape index (κ3) is 3.04. The van der Waals surface area contributed by atoms with E-state index in [4.69, 9.17) is 5.73 Å². The van der Waals surface area contributed by atoms with Crippen LogP contribution in [0.5, 0.6) is 5.75 Å². The molecular weight excluding hydrogens is 456 g/mol. The molecule has 0 aromatic heterocycles. The molecule has 5 N–H and O–H groups in total. The summed E-state index contributed by atoms with van der Waals surface area (Å²) < 4.78 is 0. The monoisotopic (exact) mass is 484 g/mol. The van der Waals surface area contributed by atoms with Crippen molar-refractivity contribution >= 4 is 28.9 Å². The molecule has 0 heterocycles. The Morgan fingerprint density at radius 2 is 1.80 bits per heavy atom. The molecule has 1 unspecified atom stereocenters. The Kier molecular flexibility index (Phi) is 5.51. The van der Waals surface area contributed by atoms with E-state index in [9.17, 15) is 34.6 Å². The molecule has 11 heteroatoms. The van der Waals surface area contributed by atoms with E-state index < -0.39 is 58.0 Å². The lowest BCUT2D eigenvalue weighted by molar-refractivity contribution is -0.134. The molecule has 11 nitrogen and oxygen atoms in total. The van der Waals surface area contributed by atoms with Crippen molar-refractivity contribution in [1.29, 1.82) is 0 Å². The van der Waals surface area contributed by atoms with E-state index in [1.165, 1.54) is 4.90 Å². The summed E-state index contributed by atoms with van der Waals surface area (Å²) >= 11 is 0. The molecular formula is C24H28N4O7. The minimum atomic E-state index is -2.52. The zero-order valence-corrected chi connectivity index (χ0v) is 20.1. The number of benzene rings is 1. The number of aromatic hydroxyl groups is 1. The Hall–Kier alpha value is -3.73. The molecule has 1 aromatic rings. The van der Waals surface area contributed by atoms with Crippen LogP contribution in [0.4, 0.5) is 5.69 Å². The first-order valence-corrected chi connectivity index (χ1v) is 11.1. The van der Waals surface area contributed by atoms with Gasteiger partial charge in [-0.05, 0) is 62.1 Å². The molecule has 3 aliphatic carbocycles. The van der Waals surface area contributed by atoms with Crippen molar-refractivity contribution in [3.05, 3.63) is 44.6 Å². The number of ketones is 2. The van der Waals surface area contributed by atoms with Crippen LogP contribution in [0.15, 0.2) is 28.1 Å². The number of Topliss-reactive ketones (excluding diaryl/α,β-unsaturated/α-hetero) is 2. The number of nitroso groups, excluding NO2 is 1. The number of phenols is 1. The number of hydrogen-bond donors (Lipinski definition) is 4. The summed E-state index contributed by atoms with van der Waals surface area (Å²) in [6, 6.07) is 0.634. The number of amides is 1. The van der Waals surface area contributed by atoms with Crippen LogP contribution in [0.2, 0.25) is 0 Å². The van der Waals surface area contributed by atoms with Crippen molar-refractivity contribution in [2.45, 2.75) is 31.3 Å². The number of phenolic OH excluding ortho intramolecular Hbond substituents is 1. The predicted octanol–water partition coefficient (Wildman–Crippen LogP) is 1.11. The van der Waals surface area contributed by atoms with Gasteiger partial charge in [0.2, 0.25) is 11.3 Å². The average molecular weight is 485 g/mol. The van der Waals surface area contributed by atoms with E-state index in [-0.39, 0.29) is 29.7 Å². The van der Waals surface area contributed by atoms with Crippen LogP contribution in [0.3, 0.4) is 0 Å². The summed E-state index contributed by atoms with van der Waals surface area (Å²) in [4.78, 5) is 54.9. The van der Waals surface area contributed by atoms with Gasteiger partial charge < -0.3 is 26.0 Å². The molecule has 0 radical (unpaired) electrons. The summed E-state index contributed by atoms with van der Waals surface area (Å²) in [5.41, 5.74) is 3.69. The van der Waals surface area contributed by atoms with Crippen molar-refractivity contribution in [1.82, 2.24) is 4.90 Å². The van der Waals surface area contributed by atoms with E-state index in [1.54, 1.807) is 27.1 Å². The molecule has 1 fully saturated rings. The van der Waals surface area contributed by atoms with E-state index in [0.717, 1.165) is 5.69 Å². The number of aliphatic hydroxyl groups excluding tert-OH is 2. The maximum Gasteiger partial charge on any atom is 0.255 e. The number of nitrogens with zero attached hydrogens (tertiary/aromatic N) is 3. The van der Waals surface area contributed by atoms with Gasteiger partial charge in [-0.3, -0.25) is 19.3 Å². The molecule has 4 rings (SSSR count). The third-order valence-electron chi connectivity index (χ3n) is 7.51. The minimum absolute atomic E-state index is 0.0303. The number of hydrogen-bond acceptors (Lipinski definition) is 10. The zero-order chi connectivity index (χ0) is 26.1. The molecule has 3 aliphatic rings. The van der Waals surface area contributed by atoms with Gasteiger partial charge in [0.1, 0.15) is 22.8 Å². The Morgan fingerprint density at radius 1 is 1.17 bits per heavy atom. The minimum Gasteiger partial charge on any atom is -0.508 e. The molecule has 0 aliphatic heterocycles. The van der Waals surface area contributed by atoms with Gasteiger partial charge in [0, 0.05) is 31.3 Å². The summed E-state index contributed by atoms with van der Waals surface area (Å²) in [5.74, 6) is -6.65. The Bertz CT molecular complexity index is 1260. The van der Waals surface area contributed by atoms with Gasteiger partial charge in [0.25, 0.3) is 5.91 Å². The van der Waals surface area contributed by atoms with Crippen molar-refractivity contribution in [2.75, 3.05) is 33.1 Å². The second kappa shape index (κ2) is 7.91. The van der Waals surface area contributed by atoms with Crippen LogP contribution in [-0.4, -0.2) is 77.5 Å². The fraction of sp³-hybridized carbons (Fsp3) is 0.458. The highest BCUT2D eigenvalue weighted by atomic mass is 16.3. The molecule has 1 amide bonds. The number of likely N-dealkylation sites (N-methyl/N-ethyl adjacent to an activating group) is 1. The summed E-state index contributed by atoms with van der Waals surface area (Å²) in [5, 5.41) is 36.1. The highest BCUT2D eigenvalue weighted by Gasteiger charge is 2.66. The number of nitrogens with two attached hydrogens (primary N) is 1. The summed E-state index contributed by atoms with van der Waals surface area (Å²) in [6.07, 6.45) is 0.261. The highest BCUT2D eigenvalue weighted by molar-refractivity contribution is 6.25. The fourth-order valence-electron chi connectivity index (χ4n) is 5.97. The highest BCUT2D eigenvalue weighted by Crippen LogP contribution is 2.55. The third-order valence-corrected chi connectivity index (χ3v) is 7.51. The first-order valence-electron chi connectivity index (χ1n) is 11.1. The molecule has 0 spiro atoms. The fourth-order valence-corrected chi connectivity index (χ4v) is 5.97. The number of aliphatic hydroxyl groups is 2. The van der Waals surface area contributed by atoms with Crippen LogP contribution < -0.4 is 10.6 Å². The van der Waals surface area contributed by atoms with Crippen molar-refractivity contribution in [3.8, 4) is 5.75 Å². The first-order chi connectivity index (χ1) is 16.3. The van der Waals surface area contributed by atoms with Crippen LogP contribution in [0, 0.1) is 23.7 Å².